The number of rotatable bonds is 3. The van der Waals surface area contributed by atoms with Gasteiger partial charge in [-0.2, -0.15) is 13.2 Å². The van der Waals surface area contributed by atoms with Crippen LogP contribution in [0.5, 0.6) is 0 Å². The summed E-state index contributed by atoms with van der Waals surface area (Å²) in [5.74, 6) is -0.423. The quantitative estimate of drug-likeness (QED) is 0.742. The van der Waals surface area contributed by atoms with Crippen LogP contribution in [-0.4, -0.2) is 22.8 Å². The number of alkyl halides is 3. The van der Waals surface area contributed by atoms with Gasteiger partial charge in [-0.3, -0.25) is 4.79 Å². The maximum Gasteiger partial charge on any atom is 0.416 e. The van der Waals surface area contributed by atoms with Crippen molar-refractivity contribution in [1.29, 1.82) is 0 Å². The van der Waals surface area contributed by atoms with E-state index in [1.807, 2.05) is 0 Å². The molecule has 3 nitrogen and oxygen atoms in total. The van der Waals surface area contributed by atoms with Crippen molar-refractivity contribution < 1.29 is 18.0 Å². The van der Waals surface area contributed by atoms with Gasteiger partial charge >= 0.3 is 6.18 Å². The van der Waals surface area contributed by atoms with Crippen LogP contribution >= 0.6 is 23.2 Å². The standard InChI is InChI=1S/C15H11Cl2F3N2O/c1-22(14(23)10-6-12(16)21-13(17)7-10)8-9-3-2-4-11(5-9)15(18,19)20/h2-7H,8H2,1H3. The van der Waals surface area contributed by atoms with Gasteiger partial charge in [0.2, 0.25) is 0 Å². The Balaban J connectivity index is 2.18. The van der Waals surface area contributed by atoms with E-state index in [1.165, 1.54) is 36.2 Å². The molecule has 1 aromatic heterocycles. The number of hydrogen-bond donors (Lipinski definition) is 0. The summed E-state index contributed by atoms with van der Waals surface area (Å²) >= 11 is 11.5. The zero-order valence-electron chi connectivity index (χ0n) is 11.9. The van der Waals surface area contributed by atoms with Crippen molar-refractivity contribution in [3.05, 3.63) is 63.4 Å². The van der Waals surface area contributed by atoms with E-state index in [0.717, 1.165) is 12.1 Å². The van der Waals surface area contributed by atoms with E-state index in [-0.39, 0.29) is 22.4 Å². The zero-order chi connectivity index (χ0) is 17.2. The topological polar surface area (TPSA) is 33.2 Å². The molecule has 0 bridgehead atoms. The van der Waals surface area contributed by atoms with Gasteiger partial charge in [0.15, 0.2) is 0 Å². The Labute approximate surface area is 140 Å². The minimum Gasteiger partial charge on any atom is -0.337 e. The molecule has 0 aliphatic carbocycles. The second kappa shape index (κ2) is 6.76. The lowest BCUT2D eigenvalue weighted by Crippen LogP contribution is -2.26. The largest absolute Gasteiger partial charge is 0.416 e. The van der Waals surface area contributed by atoms with Gasteiger partial charge in [-0.05, 0) is 29.8 Å². The summed E-state index contributed by atoms with van der Waals surface area (Å²) in [6.07, 6.45) is -4.43. The van der Waals surface area contributed by atoms with Crippen LogP contribution in [-0.2, 0) is 12.7 Å². The normalized spacial score (nSPS) is 11.4. The fourth-order valence-corrected chi connectivity index (χ4v) is 2.46. The molecule has 0 radical (unpaired) electrons. The van der Waals surface area contributed by atoms with Crippen molar-refractivity contribution in [2.24, 2.45) is 0 Å². The van der Waals surface area contributed by atoms with Gasteiger partial charge in [-0.25, -0.2) is 4.98 Å². The maximum absolute atomic E-state index is 12.7. The van der Waals surface area contributed by atoms with E-state index in [2.05, 4.69) is 4.98 Å². The summed E-state index contributed by atoms with van der Waals surface area (Å²) in [6, 6.07) is 7.50. The lowest BCUT2D eigenvalue weighted by atomic mass is 10.1. The molecule has 1 aromatic carbocycles. The number of hydrogen-bond acceptors (Lipinski definition) is 2. The van der Waals surface area contributed by atoms with Gasteiger partial charge in [0, 0.05) is 19.2 Å². The van der Waals surface area contributed by atoms with Crippen molar-refractivity contribution in [2.75, 3.05) is 7.05 Å². The number of pyridine rings is 1. The Kier molecular flexibility index (Phi) is 5.16. The Morgan fingerprint density at radius 2 is 1.78 bits per heavy atom. The molecule has 23 heavy (non-hydrogen) atoms. The summed E-state index contributed by atoms with van der Waals surface area (Å²) in [5, 5.41) is 0.127. The van der Waals surface area contributed by atoms with Gasteiger partial charge < -0.3 is 4.90 Å². The maximum atomic E-state index is 12.7. The fourth-order valence-electron chi connectivity index (χ4n) is 2.00. The van der Waals surface area contributed by atoms with E-state index >= 15 is 0 Å². The van der Waals surface area contributed by atoms with Crippen molar-refractivity contribution >= 4 is 29.1 Å². The van der Waals surface area contributed by atoms with Crippen LogP contribution in [0.2, 0.25) is 10.3 Å². The van der Waals surface area contributed by atoms with Crippen LogP contribution < -0.4 is 0 Å². The van der Waals surface area contributed by atoms with Crippen molar-refractivity contribution in [2.45, 2.75) is 12.7 Å². The second-order valence-corrected chi connectivity index (χ2v) is 5.64. The van der Waals surface area contributed by atoms with E-state index < -0.39 is 17.6 Å². The lowest BCUT2D eigenvalue weighted by molar-refractivity contribution is -0.137. The predicted octanol–water partition coefficient (Wildman–Crippen LogP) is 4.68. The first-order valence-electron chi connectivity index (χ1n) is 6.41. The average Bonchev–Trinajstić information content (AvgIpc) is 2.44. The molecule has 2 aromatic rings. The predicted molar refractivity (Wildman–Crippen MR) is 81.5 cm³/mol. The van der Waals surface area contributed by atoms with Crippen molar-refractivity contribution in [1.82, 2.24) is 9.88 Å². The second-order valence-electron chi connectivity index (χ2n) is 4.86. The highest BCUT2D eigenvalue weighted by Gasteiger charge is 2.30. The molecule has 0 aliphatic rings. The molecule has 122 valence electrons. The smallest absolute Gasteiger partial charge is 0.337 e. The van der Waals surface area contributed by atoms with Crippen LogP contribution in [0.4, 0.5) is 13.2 Å². The molecule has 0 saturated heterocycles. The zero-order valence-corrected chi connectivity index (χ0v) is 13.4. The molecular weight excluding hydrogens is 352 g/mol. The van der Waals surface area contributed by atoms with Crippen LogP contribution in [0.1, 0.15) is 21.5 Å². The summed E-state index contributed by atoms with van der Waals surface area (Å²) in [6.45, 7) is 0.0142. The third-order valence-electron chi connectivity index (χ3n) is 3.03. The van der Waals surface area contributed by atoms with Crippen LogP contribution in [0.15, 0.2) is 36.4 Å². The van der Waals surface area contributed by atoms with E-state index in [4.69, 9.17) is 23.2 Å². The molecular formula is C15H11Cl2F3N2O. The minimum absolute atomic E-state index is 0.0142. The van der Waals surface area contributed by atoms with Crippen LogP contribution in [0.25, 0.3) is 0 Å². The minimum atomic E-state index is -4.43. The van der Waals surface area contributed by atoms with Crippen molar-refractivity contribution in [3.63, 3.8) is 0 Å². The molecule has 1 heterocycles. The monoisotopic (exact) mass is 362 g/mol. The molecule has 0 atom stereocenters. The lowest BCUT2D eigenvalue weighted by Gasteiger charge is -2.18. The van der Waals surface area contributed by atoms with E-state index in [1.54, 1.807) is 0 Å². The van der Waals surface area contributed by atoms with Gasteiger partial charge in [0.25, 0.3) is 5.91 Å². The van der Waals surface area contributed by atoms with Crippen molar-refractivity contribution in [3.8, 4) is 0 Å². The number of benzene rings is 1. The van der Waals surface area contributed by atoms with E-state index in [9.17, 15) is 18.0 Å². The molecule has 0 N–H and O–H groups in total. The first kappa shape index (κ1) is 17.6. The molecule has 0 unspecified atom stereocenters. The van der Waals surface area contributed by atoms with Crippen LogP contribution in [0.3, 0.4) is 0 Å². The molecule has 0 aliphatic heterocycles. The Hall–Kier alpha value is -1.79. The summed E-state index contributed by atoms with van der Waals surface area (Å²) in [4.78, 5) is 17.3. The number of aromatic nitrogens is 1. The number of carbonyl (C=O) groups excluding carboxylic acids is 1. The van der Waals surface area contributed by atoms with Gasteiger partial charge in [0.05, 0.1) is 5.56 Å². The van der Waals surface area contributed by atoms with Crippen LogP contribution in [0, 0.1) is 0 Å². The third kappa shape index (κ3) is 4.59. The molecule has 0 spiro atoms. The SMILES string of the molecule is CN(Cc1cccc(C(F)(F)F)c1)C(=O)c1cc(Cl)nc(Cl)c1. The molecule has 0 saturated carbocycles. The number of carbonyl (C=O) groups is 1. The first-order chi connectivity index (χ1) is 10.7. The highest BCUT2D eigenvalue weighted by Crippen LogP contribution is 2.29. The van der Waals surface area contributed by atoms with Gasteiger partial charge in [-0.15, -0.1) is 0 Å². The fraction of sp³-hybridized carbons (Fsp3) is 0.200. The Morgan fingerprint density at radius 3 is 2.35 bits per heavy atom. The summed E-state index contributed by atoms with van der Waals surface area (Å²) in [7, 11) is 1.48. The van der Waals surface area contributed by atoms with E-state index in [0.29, 0.717) is 5.56 Å². The average molecular weight is 363 g/mol. The highest BCUT2D eigenvalue weighted by molar-refractivity contribution is 6.33. The molecule has 0 fully saturated rings. The molecule has 8 heteroatoms. The molecule has 1 amide bonds. The molecule has 2 rings (SSSR count). The number of amides is 1. The first-order valence-corrected chi connectivity index (χ1v) is 7.17. The Bertz CT molecular complexity index is 715. The summed E-state index contributed by atoms with van der Waals surface area (Å²) in [5.41, 5.74) is -0.183. The third-order valence-corrected chi connectivity index (χ3v) is 3.42. The van der Waals surface area contributed by atoms with Gasteiger partial charge in [-0.1, -0.05) is 35.3 Å². The Morgan fingerprint density at radius 1 is 1.17 bits per heavy atom. The summed E-state index contributed by atoms with van der Waals surface area (Å²) < 4.78 is 38.1. The number of nitrogens with zero attached hydrogens (tertiary/aromatic N) is 2. The highest BCUT2D eigenvalue weighted by atomic mass is 35.5. The van der Waals surface area contributed by atoms with Gasteiger partial charge in [0.1, 0.15) is 10.3 Å². The number of halogens is 5.